The molecule has 0 aliphatic carbocycles. The molecule has 0 fully saturated rings. The van der Waals surface area contributed by atoms with Crippen molar-refractivity contribution in [3.63, 3.8) is 0 Å². The van der Waals surface area contributed by atoms with Gasteiger partial charge >= 0.3 is 0 Å². The van der Waals surface area contributed by atoms with E-state index in [4.69, 9.17) is 0 Å². The molecule has 21 heavy (non-hydrogen) atoms. The number of hydrogen-bond acceptors (Lipinski definition) is 3. The minimum atomic E-state index is -0.0825. The summed E-state index contributed by atoms with van der Waals surface area (Å²) in [6.45, 7) is 5.57. The Morgan fingerprint density at radius 1 is 1.38 bits per heavy atom. The van der Waals surface area contributed by atoms with E-state index in [1.54, 1.807) is 24.3 Å². The highest BCUT2D eigenvalue weighted by atomic mass is 32.2. The third kappa shape index (κ3) is 5.27. The molecule has 112 valence electrons. The molecule has 0 unspecified atom stereocenters. The highest BCUT2D eigenvalue weighted by Gasteiger charge is 2.13. The molecule has 0 saturated heterocycles. The minimum Gasteiger partial charge on any atom is -0.355 e. The predicted molar refractivity (Wildman–Crippen MR) is 86.4 cm³/mol. The standard InChI is InChI=1S/C16H21N3OS/c1-13-4-6-15(7-5-13)21-14(2)16(20)18-8-3-10-19-11-9-17-12-19/h4-7,9,11-12,14H,3,8,10H2,1-2H3,(H,18,20)/t14-/m1/s1. The van der Waals surface area contributed by atoms with Crippen molar-refractivity contribution in [3.05, 3.63) is 48.5 Å². The van der Waals surface area contributed by atoms with E-state index < -0.39 is 0 Å². The summed E-state index contributed by atoms with van der Waals surface area (Å²) in [5, 5.41) is 2.90. The van der Waals surface area contributed by atoms with Crippen LogP contribution in [-0.4, -0.2) is 27.3 Å². The largest absolute Gasteiger partial charge is 0.355 e. The van der Waals surface area contributed by atoms with Gasteiger partial charge in [0.25, 0.3) is 0 Å². The van der Waals surface area contributed by atoms with Gasteiger partial charge in [0.2, 0.25) is 5.91 Å². The van der Waals surface area contributed by atoms with Crippen LogP contribution in [0.3, 0.4) is 0 Å². The molecule has 0 saturated carbocycles. The van der Waals surface area contributed by atoms with Crippen molar-refractivity contribution in [1.29, 1.82) is 0 Å². The lowest BCUT2D eigenvalue weighted by atomic mass is 10.2. The van der Waals surface area contributed by atoms with Gasteiger partial charge in [-0.05, 0) is 32.4 Å². The molecule has 0 aliphatic rings. The smallest absolute Gasteiger partial charge is 0.233 e. The van der Waals surface area contributed by atoms with Crippen LogP contribution >= 0.6 is 11.8 Å². The monoisotopic (exact) mass is 303 g/mol. The molecular formula is C16H21N3OS. The fraction of sp³-hybridized carbons (Fsp3) is 0.375. The van der Waals surface area contributed by atoms with Crippen molar-refractivity contribution >= 4 is 17.7 Å². The first-order valence-electron chi connectivity index (χ1n) is 7.12. The maximum absolute atomic E-state index is 12.0. The van der Waals surface area contributed by atoms with Gasteiger partial charge in [0.1, 0.15) is 0 Å². The Morgan fingerprint density at radius 2 is 2.14 bits per heavy atom. The molecule has 1 N–H and O–H groups in total. The summed E-state index contributed by atoms with van der Waals surface area (Å²) in [6.07, 6.45) is 6.39. The molecule has 4 nitrogen and oxygen atoms in total. The number of amides is 1. The second-order valence-electron chi connectivity index (χ2n) is 5.02. The summed E-state index contributed by atoms with van der Waals surface area (Å²) in [7, 11) is 0. The van der Waals surface area contributed by atoms with E-state index in [2.05, 4.69) is 41.5 Å². The van der Waals surface area contributed by atoms with Gasteiger partial charge in [0.05, 0.1) is 11.6 Å². The first-order chi connectivity index (χ1) is 10.1. The van der Waals surface area contributed by atoms with Gasteiger partial charge in [-0.1, -0.05) is 17.7 Å². The topological polar surface area (TPSA) is 46.9 Å². The second kappa shape index (κ2) is 7.88. The Balaban J connectivity index is 1.68. The number of carbonyl (C=O) groups excluding carboxylic acids is 1. The van der Waals surface area contributed by atoms with Gasteiger partial charge in [-0.3, -0.25) is 4.79 Å². The zero-order valence-electron chi connectivity index (χ0n) is 12.5. The number of nitrogens with one attached hydrogen (secondary N) is 1. The quantitative estimate of drug-likeness (QED) is 0.632. The molecule has 1 aromatic carbocycles. The Bertz CT molecular complexity index is 551. The molecular weight excluding hydrogens is 282 g/mol. The average Bonchev–Trinajstić information content (AvgIpc) is 2.99. The summed E-state index contributed by atoms with van der Waals surface area (Å²) >= 11 is 1.59. The summed E-state index contributed by atoms with van der Waals surface area (Å²) in [5.41, 5.74) is 1.23. The van der Waals surface area contributed by atoms with Crippen molar-refractivity contribution < 1.29 is 4.79 Å². The van der Waals surface area contributed by atoms with E-state index in [9.17, 15) is 4.79 Å². The Kier molecular flexibility index (Phi) is 5.87. The fourth-order valence-corrected chi connectivity index (χ4v) is 2.80. The van der Waals surface area contributed by atoms with E-state index in [1.807, 2.05) is 17.7 Å². The third-order valence-corrected chi connectivity index (χ3v) is 4.27. The molecule has 5 heteroatoms. The van der Waals surface area contributed by atoms with Crippen LogP contribution in [0.25, 0.3) is 0 Å². The van der Waals surface area contributed by atoms with E-state index in [0.717, 1.165) is 17.9 Å². The van der Waals surface area contributed by atoms with Crippen LogP contribution < -0.4 is 5.32 Å². The predicted octanol–water partition coefficient (Wildman–Crippen LogP) is 2.88. The summed E-state index contributed by atoms with van der Waals surface area (Å²) in [6, 6.07) is 8.25. The summed E-state index contributed by atoms with van der Waals surface area (Å²) in [4.78, 5) is 17.1. The molecule has 2 aromatic rings. The number of aromatic nitrogens is 2. The number of nitrogens with zero attached hydrogens (tertiary/aromatic N) is 2. The lowest BCUT2D eigenvalue weighted by Gasteiger charge is -2.12. The van der Waals surface area contributed by atoms with Gasteiger partial charge in [-0.25, -0.2) is 4.98 Å². The SMILES string of the molecule is Cc1ccc(S[C@H](C)C(=O)NCCCn2ccnc2)cc1. The molecule has 0 spiro atoms. The van der Waals surface area contributed by atoms with Crippen LogP contribution in [-0.2, 0) is 11.3 Å². The van der Waals surface area contributed by atoms with Crippen molar-refractivity contribution in [3.8, 4) is 0 Å². The molecule has 1 amide bonds. The number of benzene rings is 1. The van der Waals surface area contributed by atoms with Crippen molar-refractivity contribution in [1.82, 2.24) is 14.9 Å². The summed E-state index contributed by atoms with van der Waals surface area (Å²) in [5.74, 6) is 0.0891. The highest BCUT2D eigenvalue weighted by Crippen LogP contribution is 2.23. The van der Waals surface area contributed by atoms with Crippen LogP contribution in [0.5, 0.6) is 0 Å². The van der Waals surface area contributed by atoms with Gasteiger partial charge in [-0.2, -0.15) is 0 Å². The first kappa shape index (κ1) is 15.6. The van der Waals surface area contributed by atoms with Gasteiger partial charge < -0.3 is 9.88 Å². The van der Waals surface area contributed by atoms with Crippen molar-refractivity contribution in [2.45, 2.75) is 37.0 Å². The van der Waals surface area contributed by atoms with Crippen LogP contribution in [0.4, 0.5) is 0 Å². The lowest BCUT2D eigenvalue weighted by molar-refractivity contribution is -0.120. The van der Waals surface area contributed by atoms with E-state index in [1.165, 1.54) is 5.56 Å². The minimum absolute atomic E-state index is 0.0825. The zero-order valence-corrected chi connectivity index (χ0v) is 13.3. The molecule has 0 radical (unpaired) electrons. The maximum atomic E-state index is 12.0. The van der Waals surface area contributed by atoms with Crippen LogP contribution in [0.1, 0.15) is 18.9 Å². The number of aryl methyl sites for hydroxylation is 2. The Morgan fingerprint density at radius 3 is 2.81 bits per heavy atom. The number of imidazole rings is 1. The maximum Gasteiger partial charge on any atom is 0.233 e. The Hall–Kier alpha value is -1.75. The molecule has 1 atom stereocenters. The highest BCUT2D eigenvalue weighted by molar-refractivity contribution is 8.00. The average molecular weight is 303 g/mol. The second-order valence-corrected chi connectivity index (χ2v) is 6.43. The molecule has 0 aliphatic heterocycles. The van der Waals surface area contributed by atoms with Gasteiger partial charge in [-0.15, -0.1) is 11.8 Å². The first-order valence-corrected chi connectivity index (χ1v) is 8.00. The van der Waals surface area contributed by atoms with Crippen LogP contribution in [0, 0.1) is 6.92 Å². The molecule has 2 rings (SSSR count). The van der Waals surface area contributed by atoms with Gasteiger partial charge in [0.15, 0.2) is 0 Å². The van der Waals surface area contributed by atoms with Gasteiger partial charge in [0, 0.05) is 30.4 Å². The van der Waals surface area contributed by atoms with Crippen LogP contribution in [0.2, 0.25) is 0 Å². The lowest BCUT2D eigenvalue weighted by Crippen LogP contribution is -2.32. The zero-order chi connectivity index (χ0) is 15.1. The van der Waals surface area contributed by atoms with Crippen molar-refractivity contribution in [2.75, 3.05) is 6.54 Å². The number of carbonyl (C=O) groups is 1. The fourth-order valence-electron chi connectivity index (χ4n) is 1.91. The Labute approximate surface area is 130 Å². The third-order valence-electron chi connectivity index (χ3n) is 3.15. The van der Waals surface area contributed by atoms with E-state index in [0.29, 0.717) is 6.54 Å². The number of rotatable bonds is 7. The molecule has 1 aromatic heterocycles. The van der Waals surface area contributed by atoms with E-state index in [-0.39, 0.29) is 11.2 Å². The van der Waals surface area contributed by atoms with E-state index >= 15 is 0 Å². The van der Waals surface area contributed by atoms with Crippen molar-refractivity contribution in [2.24, 2.45) is 0 Å². The molecule has 1 heterocycles. The van der Waals surface area contributed by atoms with Crippen LogP contribution in [0.15, 0.2) is 47.9 Å². The molecule has 0 bridgehead atoms. The summed E-state index contributed by atoms with van der Waals surface area (Å²) < 4.78 is 2.01. The number of hydrogen-bond donors (Lipinski definition) is 1. The normalized spacial score (nSPS) is 12.1. The number of thioether (sulfide) groups is 1.